The maximum Gasteiger partial charge on any atom is 0.586 e. The molecule has 3 aromatic rings. The third-order valence-corrected chi connectivity index (χ3v) is 4.23. The van der Waals surface area contributed by atoms with E-state index in [-0.39, 0.29) is 22.9 Å². The summed E-state index contributed by atoms with van der Waals surface area (Å²) in [5.41, 5.74) is 1.73. The number of carbonyl (C=O) groups excluding carboxylic acids is 1. The highest BCUT2D eigenvalue weighted by molar-refractivity contribution is 6.04. The van der Waals surface area contributed by atoms with Crippen molar-refractivity contribution in [2.45, 2.75) is 20.1 Å². The Hall–Kier alpha value is -3.69. The summed E-state index contributed by atoms with van der Waals surface area (Å²) in [6.07, 6.45) is 1.24. The molecule has 7 nitrogen and oxygen atoms in total. The lowest BCUT2D eigenvalue weighted by Gasteiger charge is -2.09. The smallest absolute Gasteiger partial charge is 0.395 e. The molecule has 148 valence electrons. The Morgan fingerprint density at radius 2 is 1.72 bits per heavy atom. The van der Waals surface area contributed by atoms with E-state index in [1.807, 2.05) is 0 Å². The minimum atomic E-state index is -3.71. The monoisotopic (exact) mass is 402 g/mol. The molecule has 0 unspecified atom stereocenters. The second kappa shape index (κ2) is 6.73. The number of rotatable bonds is 3. The third-order valence-electron chi connectivity index (χ3n) is 4.23. The Kier molecular flexibility index (Phi) is 4.33. The first-order valence-corrected chi connectivity index (χ1v) is 8.38. The van der Waals surface area contributed by atoms with E-state index >= 15 is 0 Å². The molecule has 2 aromatic heterocycles. The summed E-state index contributed by atoms with van der Waals surface area (Å²) in [5, 5.41) is 2.46. The van der Waals surface area contributed by atoms with Gasteiger partial charge in [-0.05, 0) is 37.1 Å². The number of aryl methyl sites for hydroxylation is 2. The molecular formula is C19H13F3N4O3. The van der Waals surface area contributed by atoms with Crippen molar-refractivity contribution in [3.8, 4) is 22.8 Å². The van der Waals surface area contributed by atoms with Crippen LogP contribution in [0.1, 0.15) is 21.5 Å². The Balaban J connectivity index is 1.57. The molecule has 4 rings (SSSR count). The molecule has 1 aliphatic heterocycles. The number of aromatic nitrogens is 3. The van der Waals surface area contributed by atoms with Crippen molar-refractivity contribution >= 4 is 11.7 Å². The molecule has 0 radical (unpaired) electrons. The zero-order valence-corrected chi connectivity index (χ0v) is 15.2. The van der Waals surface area contributed by atoms with Crippen LogP contribution in [0.15, 0.2) is 36.9 Å². The largest absolute Gasteiger partial charge is 0.586 e. The summed E-state index contributed by atoms with van der Waals surface area (Å²) in [5.74, 6) is -1.52. The molecule has 0 atom stereocenters. The fourth-order valence-electron chi connectivity index (χ4n) is 2.90. The number of carbonyl (C=O) groups is 1. The molecular weight excluding hydrogens is 389 g/mol. The van der Waals surface area contributed by atoms with Gasteiger partial charge in [0, 0.05) is 11.8 Å². The SMILES string of the molecule is Cc1cc2c(cc1-c1cnc(NC(=O)c3c(C)cncc3F)cn1)OC(F)(F)O2. The van der Waals surface area contributed by atoms with Crippen molar-refractivity contribution in [2.75, 3.05) is 5.32 Å². The summed E-state index contributed by atoms with van der Waals surface area (Å²) in [7, 11) is 0. The van der Waals surface area contributed by atoms with Crippen LogP contribution in [0.25, 0.3) is 11.3 Å². The maximum atomic E-state index is 13.9. The van der Waals surface area contributed by atoms with Crippen LogP contribution in [-0.4, -0.2) is 27.2 Å². The van der Waals surface area contributed by atoms with Crippen LogP contribution in [-0.2, 0) is 0 Å². The quantitative estimate of drug-likeness (QED) is 0.716. The predicted octanol–water partition coefficient (Wildman–Crippen LogP) is 3.87. The lowest BCUT2D eigenvalue weighted by Crippen LogP contribution is -2.25. The first-order valence-electron chi connectivity index (χ1n) is 8.38. The molecule has 0 bridgehead atoms. The van der Waals surface area contributed by atoms with Crippen molar-refractivity contribution in [3.63, 3.8) is 0 Å². The molecule has 0 fully saturated rings. The highest BCUT2D eigenvalue weighted by Crippen LogP contribution is 2.44. The number of pyridine rings is 1. The van der Waals surface area contributed by atoms with Gasteiger partial charge in [0.1, 0.15) is 0 Å². The first-order chi connectivity index (χ1) is 13.7. The van der Waals surface area contributed by atoms with Gasteiger partial charge >= 0.3 is 6.29 Å². The lowest BCUT2D eigenvalue weighted by molar-refractivity contribution is -0.286. The Morgan fingerprint density at radius 1 is 1.00 bits per heavy atom. The lowest BCUT2D eigenvalue weighted by atomic mass is 10.1. The van der Waals surface area contributed by atoms with Crippen molar-refractivity contribution in [3.05, 3.63) is 59.4 Å². The van der Waals surface area contributed by atoms with Crippen LogP contribution in [0.3, 0.4) is 0 Å². The van der Waals surface area contributed by atoms with Crippen molar-refractivity contribution < 1.29 is 27.4 Å². The zero-order chi connectivity index (χ0) is 20.8. The maximum absolute atomic E-state index is 13.9. The van der Waals surface area contributed by atoms with E-state index < -0.39 is 18.0 Å². The molecule has 0 saturated heterocycles. The normalized spacial score (nSPS) is 14.0. The van der Waals surface area contributed by atoms with Gasteiger partial charge in [-0.15, -0.1) is 8.78 Å². The number of ether oxygens (including phenoxy) is 2. The molecule has 1 aromatic carbocycles. The van der Waals surface area contributed by atoms with Gasteiger partial charge in [-0.2, -0.15) is 0 Å². The Bertz CT molecular complexity index is 1100. The summed E-state index contributed by atoms with van der Waals surface area (Å²) in [6, 6.07) is 2.79. The van der Waals surface area contributed by atoms with E-state index in [1.54, 1.807) is 13.8 Å². The summed E-state index contributed by atoms with van der Waals surface area (Å²) in [6.45, 7) is 3.26. The zero-order valence-electron chi connectivity index (χ0n) is 15.2. The van der Waals surface area contributed by atoms with Gasteiger partial charge in [-0.3, -0.25) is 14.8 Å². The molecule has 0 saturated carbocycles. The van der Waals surface area contributed by atoms with E-state index in [2.05, 4.69) is 29.7 Å². The molecule has 0 aliphatic carbocycles. The number of hydrogen-bond acceptors (Lipinski definition) is 6. The average Bonchev–Trinajstić information content (AvgIpc) is 2.94. The second-order valence-corrected chi connectivity index (χ2v) is 6.34. The van der Waals surface area contributed by atoms with Gasteiger partial charge in [0.2, 0.25) is 0 Å². The van der Waals surface area contributed by atoms with Crippen LogP contribution in [0, 0.1) is 19.7 Å². The molecule has 29 heavy (non-hydrogen) atoms. The topological polar surface area (TPSA) is 86.2 Å². The summed E-state index contributed by atoms with van der Waals surface area (Å²) < 4.78 is 49.2. The van der Waals surface area contributed by atoms with Gasteiger partial charge in [0.15, 0.2) is 23.1 Å². The first kappa shape index (κ1) is 18.7. The van der Waals surface area contributed by atoms with Gasteiger partial charge < -0.3 is 14.8 Å². The van der Waals surface area contributed by atoms with Crippen molar-refractivity contribution in [2.24, 2.45) is 0 Å². The van der Waals surface area contributed by atoms with Crippen LogP contribution >= 0.6 is 0 Å². The number of hydrogen-bond donors (Lipinski definition) is 1. The molecule has 10 heteroatoms. The predicted molar refractivity (Wildman–Crippen MR) is 95.3 cm³/mol. The number of nitrogens with one attached hydrogen (secondary N) is 1. The van der Waals surface area contributed by atoms with E-state index in [9.17, 15) is 18.0 Å². The number of halogens is 3. The van der Waals surface area contributed by atoms with Gasteiger partial charge in [0.05, 0.1) is 29.8 Å². The van der Waals surface area contributed by atoms with Crippen LogP contribution in [0.2, 0.25) is 0 Å². The van der Waals surface area contributed by atoms with Crippen LogP contribution in [0.5, 0.6) is 11.5 Å². The fraction of sp³-hybridized carbons (Fsp3) is 0.158. The number of alkyl halides is 2. The van der Waals surface area contributed by atoms with E-state index in [0.717, 1.165) is 6.20 Å². The van der Waals surface area contributed by atoms with Crippen molar-refractivity contribution in [1.29, 1.82) is 0 Å². The van der Waals surface area contributed by atoms with Gasteiger partial charge in [0.25, 0.3) is 5.91 Å². The third kappa shape index (κ3) is 3.56. The van der Waals surface area contributed by atoms with Crippen LogP contribution < -0.4 is 14.8 Å². The number of amides is 1. The van der Waals surface area contributed by atoms with Crippen LogP contribution in [0.4, 0.5) is 19.0 Å². The fourth-order valence-corrected chi connectivity index (χ4v) is 2.90. The average molecular weight is 402 g/mol. The highest BCUT2D eigenvalue weighted by atomic mass is 19.3. The number of benzene rings is 1. The van der Waals surface area contributed by atoms with E-state index in [4.69, 9.17) is 0 Å². The number of fused-ring (bicyclic) bond motifs is 1. The molecule has 1 amide bonds. The molecule has 0 spiro atoms. The number of nitrogens with zero attached hydrogens (tertiary/aromatic N) is 3. The van der Waals surface area contributed by atoms with Gasteiger partial charge in [-0.1, -0.05) is 0 Å². The minimum absolute atomic E-state index is 0.0668. The summed E-state index contributed by atoms with van der Waals surface area (Å²) >= 11 is 0. The highest BCUT2D eigenvalue weighted by Gasteiger charge is 2.43. The standard InChI is InChI=1S/C19H13F3N4O3/c1-9-3-14-15(29-19(21,22)28-14)4-11(9)13-7-25-16(8-24-13)26-18(27)17-10(2)5-23-6-12(17)20/h3-8H,1-2H3,(H,25,26,27). The second-order valence-electron chi connectivity index (χ2n) is 6.34. The van der Waals surface area contributed by atoms with E-state index in [0.29, 0.717) is 22.4 Å². The Morgan fingerprint density at radius 3 is 2.38 bits per heavy atom. The number of anilines is 1. The molecule has 3 heterocycles. The summed E-state index contributed by atoms with van der Waals surface area (Å²) in [4.78, 5) is 24.3. The van der Waals surface area contributed by atoms with Gasteiger partial charge in [-0.25, -0.2) is 9.37 Å². The molecule has 1 N–H and O–H groups in total. The van der Waals surface area contributed by atoms with E-state index in [1.165, 1.54) is 30.7 Å². The minimum Gasteiger partial charge on any atom is -0.395 e. The Labute approximate surface area is 162 Å². The van der Waals surface area contributed by atoms with Crippen molar-refractivity contribution in [1.82, 2.24) is 15.0 Å². The molecule has 1 aliphatic rings.